The number of hydrogen-bond acceptors (Lipinski definition) is 4. The number of benzene rings is 1. The van der Waals surface area contributed by atoms with Gasteiger partial charge in [-0.1, -0.05) is 11.6 Å². The Balaban J connectivity index is 1.99. The first kappa shape index (κ1) is 16.1. The molecule has 0 aliphatic carbocycles. The lowest BCUT2D eigenvalue weighted by Crippen LogP contribution is -2.55. The number of rotatable bonds is 3. The fourth-order valence-corrected chi connectivity index (χ4v) is 2.70. The maximum atomic E-state index is 12.4. The topological polar surface area (TPSA) is 61.6 Å². The molecule has 2 atom stereocenters. The van der Waals surface area contributed by atoms with Gasteiger partial charge in [0.05, 0.1) is 16.8 Å². The van der Waals surface area contributed by atoms with Crippen LogP contribution < -0.4 is 11.1 Å². The number of likely N-dealkylation sites (N-methyl/N-ethyl adjacent to an activating group) is 1. The molecule has 116 valence electrons. The predicted molar refractivity (Wildman–Crippen MR) is 87.6 cm³/mol. The number of nitrogens with zero attached hydrogens (tertiary/aromatic N) is 2. The van der Waals surface area contributed by atoms with Crippen molar-refractivity contribution in [3.8, 4) is 0 Å². The van der Waals surface area contributed by atoms with E-state index in [1.54, 1.807) is 18.2 Å². The number of anilines is 2. The molecule has 0 saturated carbocycles. The maximum absolute atomic E-state index is 12.4. The molecule has 0 spiro atoms. The van der Waals surface area contributed by atoms with Crippen molar-refractivity contribution in [1.82, 2.24) is 9.80 Å². The zero-order valence-corrected chi connectivity index (χ0v) is 13.5. The number of hydrogen-bond donors (Lipinski definition) is 2. The van der Waals surface area contributed by atoms with Crippen LogP contribution in [0.1, 0.15) is 13.8 Å². The lowest BCUT2D eigenvalue weighted by molar-refractivity contribution is -0.121. The largest absolute Gasteiger partial charge is 0.399 e. The van der Waals surface area contributed by atoms with Crippen LogP contribution in [0.3, 0.4) is 0 Å². The van der Waals surface area contributed by atoms with E-state index in [9.17, 15) is 4.79 Å². The Hall–Kier alpha value is -1.30. The summed E-state index contributed by atoms with van der Waals surface area (Å²) in [4.78, 5) is 16.9. The minimum Gasteiger partial charge on any atom is -0.399 e. The molecule has 1 amide bonds. The van der Waals surface area contributed by atoms with E-state index in [0.29, 0.717) is 22.4 Å². The summed E-state index contributed by atoms with van der Waals surface area (Å²) in [7, 11) is 2.11. The molecule has 0 radical (unpaired) electrons. The second-order valence-corrected chi connectivity index (χ2v) is 6.14. The van der Waals surface area contributed by atoms with Crippen LogP contribution in [0.4, 0.5) is 11.4 Å². The zero-order chi connectivity index (χ0) is 15.6. The van der Waals surface area contributed by atoms with Crippen molar-refractivity contribution in [3.63, 3.8) is 0 Å². The Morgan fingerprint density at radius 2 is 2.19 bits per heavy atom. The highest BCUT2D eigenvalue weighted by Gasteiger charge is 2.28. The van der Waals surface area contributed by atoms with E-state index < -0.39 is 0 Å². The Kier molecular flexibility index (Phi) is 5.08. The SMILES string of the molecule is CC1CN(C(C)C(=O)Nc2ccc(N)cc2Cl)CCN1C. The van der Waals surface area contributed by atoms with Crippen LogP contribution in [0.2, 0.25) is 5.02 Å². The molecule has 1 fully saturated rings. The summed E-state index contributed by atoms with van der Waals surface area (Å²) in [6, 6.07) is 5.36. The van der Waals surface area contributed by atoms with Gasteiger partial charge in [-0.25, -0.2) is 0 Å². The number of nitrogen functional groups attached to an aromatic ring is 1. The minimum atomic E-state index is -0.185. The van der Waals surface area contributed by atoms with Crippen molar-refractivity contribution in [1.29, 1.82) is 0 Å². The third-order valence-electron chi connectivity index (χ3n) is 4.17. The molecule has 5 nitrogen and oxygen atoms in total. The van der Waals surface area contributed by atoms with Gasteiger partial charge < -0.3 is 16.0 Å². The van der Waals surface area contributed by atoms with Gasteiger partial charge in [0.1, 0.15) is 0 Å². The van der Waals surface area contributed by atoms with E-state index in [1.165, 1.54) is 0 Å². The van der Waals surface area contributed by atoms with Gasteiger partial charge in [0.25, 0.3) is 0 Å². The van der Waals surface area contributed by atoms with Crippen LogP contribution >= 0.6 is 11.6 Å². The zero-order valence-electron chi connectivity index (χ0n) is 12.8. The summed E-state index contributed by atoms with van der Waals surface area (Å²) in [6.07, 6.45) is 0. The average Bonchev–Trinajstić information content (AvgIpc) is 2.44. The highest BCUT2D eigenvalue weighted by atomic mass is 35.5. The number of nitrogens with one attached hydrogen (secondary N) is 1. The first-order chi connectivity index (χ1) is 9.88. The van der Waals surface area contributed by atoms with E-state index in [1.807, 2.05) is 6.92 Å². The lowest BCUT2D eigenvalue weighted by Gasteiger charge is -2.40. The monoisotopic (exact) mass is 310 g/mol. The highest BCUT2D eigenvalue weighted by molar-refractivity contribution is 6.34. The van der Waals surface area contributed by atoms with Crippen LogP contribution in [0.15, 0.2) is 18.2 Å². The van der Waals surface area contributed by atoms with E-state index >= 15 is 0 Å². The summed E-state index contributed by atoms with van der Waals surface area (Å²) < 4.78 is 0. The second kappa shape index (κ2) is 6.64. The minimum absolute atomic E-state index is 0.0431. The van der Waals surface area contributed by atoms with Crippen molar-refractivity contribution in [3.05, 3.63) is 23.2 Å². The van der Waals surface area contributed by atoms with Gasteiger partial charge in [0, 0.05) is 31.4 Å². The van der Waals surface area contributed by atoms with Crippen LogP contribution in [0, 0.1) is 0 Å². The van der Waals surface area contributed by atoms with Crippen LogP contribution in [-0.2, 0) is 4.79 Å². The molecule has 3 N–H and O–H groups in total. The van der Waals surface area contributed by atoms with E-state index in [-0.39, 0.29) is 11.9 Å². The molecule has 2 unspecified atom stereocenters. The van der Waals surface area contributed by atoms with Crippen LogP contribution in [0.5, 0.6) is 0 Å². The molecule has 1 heterocycles. The number of nitrogens with two attached hydrogens (primary N) is 1. The lowest BCUT2D eigenvalue weighted by atomic mass is 10.1. The summed E-state index contributed by atoms with van der Waals surface area (Å²) in [5.41, 5.74) is 6.84. The number of piperazine rings is 1. The highest BCUT2D eigenvalue weighted by Crippen LogP contribution is 2.24. The first-order valence-electron chi connectivity index (χ1n) is 7.18. The number of carbonyl (C=O) groups excluding carboxylic acids is 1. The van der Waals surface area contributed by atoms with Gasteiger partial charge in [0.2, 0.25) is 5.91 Å². The Morgan fingerprint density at radius 3 is 2.81 bits per heavy atom. The molecular weight excluding hydrogens is 288 g/mol. The maximum Gasteiger partial charge on any atom is 0.241 e. The molecule has 1 aromatic carbocycles. The normalized spacial score (nSPS) is 22.0. The second-order valence-electron chi connectivity index (χ2n) is 5.73. The summed E-state index contributed by atoms with van der Waals surface area (Å²) in [5.74, 6) is -0.0431. The molecule has 21 heavy (non-hydrogen) atoms. The van der Waals surface area contributed by atoms with Crippen molar-refractivity contribution >= 4 is 28.9 Å². The molecule has 1 aliphatic heterocycles. The average molecular weight is 311 g/mol. The van der Waals surface area contributed by atoms with E-state index in [0.717, 1.165) is 19.6 Å². The third-order valence-corrected chi connectivity index (χ3v) is 4.48. The molecule has 1 aromatic rings. The third kappa shape index (κ3) is 3.87. The predicted octanol–water partition coefficient (Wildman–Crippen LogP) is 1.89. The fourth-order valence-electron chi connectivity index (χ4n) is 2.46. The van der Waals surface area contributed by atoms with Crippen LogP contribution in [-0.4, -0.2) is 54.5 Å². The molecule has 1 saturated heterocycles. The molecule has 1 aliphatic rings. The van der Waals surface area contributed by atoms with Gasteiger partial charge in [-0.3, -0.25) is 9.69 Å². The summed E-state index contributed by atoms with van der Waals surface area (Å²) in [6.45, 7) is 6.86. The van der Waals surface area contributed by atoms with Crippen molar-refractivity contribution in [2.45, 2.75) is 25.9 Å². The molecule has 0 bridgehead atoms. The van der Waals surface area contributed by atoms with E-state index in [4.69, 9.17) is 17.3 Å². The molecule has 6 heteroatoms. The summed E-state index contributed by atoms with van der Waals surface area (Å²) in [5, 5.41) is 3.34. The van der Waals surface area contributed by atoms with Gasteiger partial charge in [-0.15, -0.1) is 0 Å². The number of amides is 1. The van der Waals surface area contributed by atoms with Gasteiger partial charge in [0.15, 0.2) is 0 Å². The number of halogens is 1. The van der Waals surface area contributed by atoms with Gasteiger partial charge in [-0.05, 0) is 39.1 Å². The van der Waals surface area contributed by atoms with E-state index in [2.05, 4.69) is 29.1 Å². The molecule has 0 aromatic heterocycles. The summed E-state index contributed by atoms with van der Waals surface area (Å²) >= 11 is 6.09. The Bertz CT molecular complexity index is 522. The van der Waals surface area contributed by atoms with Crippen molar-refractivity contribution in [2.24, 2.45) is 0 Å². The van der Waals surface area contributed by atoms with Gasteiger partial charge in [-0.2, -0.15) is 0 Å². The molecule has 2 rings (SSSR count). The Labute approximate surface area is 131 Å². The Morgan fingerprint density at radius 1 is 1.48 bits per heavy atom. The van der Waals surface area contributed by atoms with Crippen molar-refractivity contribution in [2.75, 3.05) is 37.7 Å². The van der Waals surface area contributed by atoms with Crippen LogP contribution in [0.25, 0.3) is 0 Å². The van der Waals surface area contributed by atoms with Crippen molar-refractivity contribution < 1.29 is 4.79 Å². The fraction of sp³-hybridized carbons (Fsp3) is 0.533. The number of carbonyl (C=O) groups is 1. The smallest absolute Gasteiger partial charge is 0.241 e. The van der Waals surface area contributed by atoms with Gasteiger partial charge >= 0.3 is 0 Å². The first-order valence-corrected chi connectivity index (χ1v) is 7.56. The standard InChI is InChI=1S/C15H23ClN4O/c1-10-9-20(7-6-19(10)3)11(2)15(21)18-14-5-4-12(17)8-13(14)16/h4-5,8,10-11H,6-7,9,17H2,1-3H3,(H,18,21). The quantitative estimate of drug-likeness (QED) is 0.837. The molecular formula is C15H23ClN4O.